The van der Waals surface area contributed by atoms with E-state index in [0.29, 0.717) is 45.5 Å². The van der Waals surface area contributed by atoms with E-state index in [1.165, 1.54) is 0 Å². The van der Waals surface area contributed by atoms with E-state index in [0.717, 1.165) is 11.1 Å². The quantitative estimate of drug-likeness (QED) is 0.149. The zero-order chi connectivity index (χ0) is 30.9. The van der Waals surface area contributed by atoms with E-state index < -0.39 is 11.9 Å². The molecule has 0 saturated carbocycles. The van der Waals surface area contributed by atoms with Crippen LogP contribution in [0.2, 0.25) is 0 Å². The molecule has 44 heavy (non-hydrogen) atoms. The number of carboxylic acids is 1. The molecule has 4 aromatic carbocycles. The fraction of sp³-hybridized carbons (Fsp3) is 0.167. The van der Waals surface area contributed by atoms with Crippen molar-refractivity contribution in [3.05, 3.63) is 131 Å². The number of aromatic nitrogens is 1. The Morgan fingerprint density at radius 1 is 0.818 bits per heavy atom. The Kier molecular flexibility index (Phi) is 9.61. The maximum Gasteiger partial charge on any atom is 0.307 e. The average Bonchev–Trinajstić information content (AvgIpc) is 3.05. The van der Waals surface area contributed by atoms with Crippen molar-refractivity contribution in [2.45, 2.75) is 25.8 Å². The van der Waals surface area contributed by atoms with E-state index in [1.807, 2.05) is 91.9 Å². The number of carbonyl (C=O) groups is 3. The predicted octanol–water partition coefficient (Wildman–Crippen LogP) is 6.22. The van der Waals surface area contributed by atoms with Crippen LogP contribution in [0.15, 0.2) is 109 Å². The van der Waals surface area contributed by atoms with Gasteiger partial charge in [-0.25, -0.2) is 4.98 Å². The molecule has 222 valence electrons. The number of hydrogen-bond donors (Lipinski definition) is 3. The molecule has 0 aliphatic carbocycles. The van der Waals surface area contributed by atoms with Crippen LogP contribution in [0.1, 0.15) is 51.2 Å². The van der Waals surface area contributed by atoms with Crippen molar-refractivity contribution in [1.82, 2.24) is 15.6 Å². The van der Waals surface area contributed by atoms with Crippen molar-refractivity contribution >= 4 is 28.7 Å². The SMILES string of the molecule is CC[C@H](NC(=O)c1c(OCCNC(=O)c2ccccc2CC(=O)O)c(-c2ccccc2)nc2ccccc12)c1ccccc1. The third kappa shape index (κ3) is 6.93. The number of pyridine rings is 1. The van der Waals surface area contributed by atoms with Gasteiger partial charge in [-0.2, -0.15) is 0 Å². The van der Waals surface area contributed by atoms with Gasteiger partial charge in [-0.15, -0.1) is 0 Å². The molecule has 0 aliphatic heterocycles. The number of nitrogens with zero attached hydrogens (tertiary/aromatic N) is 1. The van der Waals surface area contributed by atoms with Crippen LogP contribution in [0.25, 0.3) is 22.2 Å². The summed E-state index contributed by atoms with van der Waals surface area (Å²) in [5.41, 5.74) is 4.02. The summed E-state index contributed by atoms with van der Waals surface area (Å²) in [5, 5.41) is 15.9. The van der Waals surface area contributed by atoms with Gasteiger partial charge in [0.05, 0.1) is 30.1 Å². The third-order valence-electron chi connectivity index (χ3n) is 7.28. The highest BCUT2D eigenvalue weighted by molar-refractivity contribution is 6.10. The number of benzene rings is 4. The number of amides is 2. The van der Waals surface area contributed by atoms with Crippen molar-refractivity contribution in [2.75, 3.05) is 13.2 Å². The van der Waals surface area contributed by atoms with Gasteiger partial charge in [0.15, 0.2) is 5.75 Å². The molecular formula is C36H33N3O5. The van der Waals surface area contributed by atoms with E-state index in [9.17, 15) is 19.5 Å². The second-order valence-corrected chi connectivity index (χ2v) is 10.2. The zero-order valence-corrected chi connectivity index (χ0v) is 24.3. The van der Waals surface area contributed by atoms with Gasteiger partial charge in [-0.3, -0.25) is 14.4 Å². The fourth-order valence-electron chi connectivity index (χ4n) is 5.16. The van der Waals surface area contributed by atoms with Gasteiger partial charge < -0.3 is 20.5 Å². The van der Waals surface area contributed by atoms with E-state index in [2.05, 4.69) is 10.6 Å². The lowest BCUT2D eigenvalue weighted by molar-refractivity contribution is -0.136. The van der Waals surface area contributed by atoms with Crippen molar-refractivity contribution in [3.8, 4) is 17.0 Å². The van der Waals surface area contributed by atoms with Gasteiger partial charge in [0.1, 0.15) is 12.3 Å². The number of para-hydroxylation sites is 1. The van der Waals surface area contributed by atoms with Crippen LogP contribution in [0.5, 0.6) is 5.75 Å². The summed E-state index contributed by atoms with van der Waals surface area (Å²) in [7, 11) is 0. The Labute approximate surface area is 255 Å². The first-order valence-electron chi connectivity index (χ1n) is 14.5. The van der Waals surface area contributed by atoms with Gasteiger partial charge in [-0.05, 0) is 29.7 Å². The van der Waals surface area contributed by atoms with Gasteiger partial charge in [0, 0.05) is 16.5 Å². The molecule has 0 bridgehead atoms. The summed E-state index contributed by atoms with van der Waals surface area (Å²) in [6.07, 6.45) is 0.430. The number of rotatable bonds is 12. The lowest BCUT2D eigenvalue weighted by atomic mass is 10.00. The predicted molar refractivity (Wildman–Crippen MR) is 170 cm³/mol. The van der Waals surface area contributed by atoms with Crippen LogP contribution in [0, 0.1) is 0 Å². The van der Waals surface area contributed by atoms with Gasteiger partial charge in [0.25, 0.3) is 11.8 Å². The second-order valence-electron chi connectivity index (χ2n) is 10.2. The number of fused-ring (bicyclic) bond motifs is 1. The summed E-state index contributed by atoms with van der Waals surface area (Å²) in [4.78, 5) is 43.2. The number of ether oxygens (including phenoxy) is 1. The van der Waals surface area contributed by atoms with Gasteiger partial charge in [-0.1, -0.05) is 104 Å². The molecule has 3 N–H and O–H groups in total. The van der Waals surface area contributed by atoms with Crippen LogP contribution in [-0.4, -0.2) is 41.0 Å². The molecular weight excluding hydrogens is 554 g/mol. The largest absolute Gasteiger partial charge is 0.489 e. The first-order valence-corrected chi connectivity index (χ1v) is 14.5. The van der Waals surface area contributed by atoms with E-state index in [-0.39, 0.29) is 31.5 Å². The molecule has 1 atom stereocenters. The number of carbonyl (C=O) groups excluding carboxylic acids is 2. The van der Waals surface area contributed by atoms with Gasteiger partial charge in [0.2, 0.25) is 0 Å². The third-order valence-corrected chi connectivity index (χ3v) is 7.28. The standard InChI is InChI=1S/C36H33N3O5/c1-2-29(24-13-5-3-6-14-24)39-36(43)32-28-19-11-12-20-30(28)38-33(25-15-7-4-8-16-25)34(32)44-22-21-37-35(42)27-18-10-9-17-26(27)23-31(40)41/h3-20,29H,2,21-23H2,1H3,(H,37,42)(H,39,43)(H,40,41)/t29-/m0/s1. The normalized spacial score (nSPS) is 11.5. The van der Waals surface area contributed by atoms with Gasteiger partial charge >= 0.3 is 5.97 Å². The molecule has 1 aromatic heterocycles. The number of carboxylic acid groups (broad SMARTS) is 1. The highest BCUT2D eigenvalue weighted by Gasteiger charge is 2.25. The molecule has 0 radical (unpaired) electrons. The summed E-state index contributed by atoms with van der Waals surface area (Å²) in [6.45, 7) is 2.18. The maximum absolute atomic E-state index is 14.1. The Hall–Kier alpha value is -5.50. The Bertz CT molecular complexity index is 1770. The van der Waals surface area contributed by atoms with Crippen LogP contribution < -0.4 is 15.4 Å². The smallest absolute Gasteiger partial charge is 0.307 e. The molecule has 0 unspecified atom stereocenters. The molecule has 2 amide bonds. The first-order chi connectivity index (χ1) is 21.5. The van der Waals surface area contributed by atoms with Crippen LogP contribution in [-0.2, 0) is 11.2 Å². The highest BCUT2D eigenvalue weighted by Crippen LogP contribution is 2.37. The number of nitrogens with one attached hydrogen (secondary N) is 2. The van der Waals surface area contributed by atoms with Crippen LogP contribution in [0.3, 0.4) is 0 Å². The topological polar surface area (TPSA) is 118 Å². The molecule has 0 saturated heterocycles. The fourth-order valence-corrected chi connectivity index (χ4v) is 5.16. The summed E-state index contributed by atoms with van der Waals surface area (Å²) >= 11 is 0. The Morgan fingerprint density at radius 2 is 1.48 bits per heavy atom. The minimum Gasteiger partial charge on any atom is -0.489 e. The molecule has 5 rings (SSSR count). The van der Waals surface area contributed by atoms with Crippen LogP contribution >= 0.6 is 0 Å². The zero-order valence-electron chi connectivity index (χ0n) is 24.3. The summed E-state index contributed by atoms with van der Waals surface area (Å²) in [5.74, 6) is -1.40. The van der Waals surface area contributed by atoms with Crippen LogP contribution in [0.4, 0.5) is 0 Å². The Balaban J connectivity index is 1.47. The highest BCUT2D eigenvalue weighted by atomic mass is 16.5. The minimum atomic E-state index is -1.02. The minimum absolute atomic E-state index is 0.0445. The summed E-state index contributed by atoms with van der Waals surface area (Å²) < 4.78 is 6.32. The molecule has 5 aromatic rings. The number of aliphatic carboxylic acids is 1. The van der Waals surface area contributed by atoms with E-state index in [1.54, 1.807) is 24.3 Å². The molecule has 0 spiro atoms. The molecule has 0 fully saturated rings. The average molecular weight is 588 g/mol. The maximum atomic E-state index is 14.1. The van der Waals surface area contributed by atoms with E-state index >= 15 is 0 Å². The molecule has 8 heteroatoms. The molecule has 0 aliphatic rings. The molecule has 1 heterocycles. The van der Waals surface area contributed by atoms with Crippen molar-refractivity contribution in [3.63, 3.8) is 0 Å². The summed E-state index contributed by atoms with van der Waals surface area (Å²) in [6, 6.07) is 33.2. The Morgan fingerprint density at radius 3 is 2.20 bits per heavy atom. The number of hydrogen-bond acceptors (Lipinski definition) is 5. The first kappa shape index (κ1) is 30.0. The lowest BCUT2D eigenvalue weighted by Crippen LogP contribution is -2.31. The lowest BCUT2D eigenvalue weighted by Gasteiger charge is -2.21. The monoisotopic (exact) mass is 587 g/mol. The van der Waals surface area contributed by atoms with Crippen molar-refractivity contribution in [1.29, 1.82) is 0 Å². The van der Waals surface area contributed by atoms with Crippen molar-refractivity contribution < 1.29 is 24.2 Å². The second kappa shape index (κ2) is 14.1. The molecule has 8 nitrogen and oxygen atoms in total. The van der Waals surface area contributed by atoms with Crippen molar-refractivity contribution in [2.24, 2.45) is 0 Å². The van der Waals surface area contributed by atoms with E-state index in [4.69, 9.17) is 9.72 Å².